The number of benzene rings is 1. The fourth-order valence-electron chi connectivity index (χ4n) is 2.67. The molecule has 0 saturated heterocycles. The molecular weight excluding hydrogens is 409 g/mol. The van der Waals surface area contributed by atoms with Crippen LogP contribution >= 0.6 is 15.9 Å². The molecule has 0 unspecified atom stereocenters. The van der Waals surface area contributed by atoms with Crippen molar-refractivity contribution < 1.29 is 28.6 Å². The fraction of sp³-hybridized carbons (Fsp3) is 0.389. The van der Waals surface area contributed by atoms with Crippen LogP contribution in [0.1, 0.15) is 49.9 Å². The van der Waals surface area contributed by atoms with Crippen LogP contribution in [-0.2, 0) is 14.3 Å². The molecule has 26 heavy (non-hydrogen) atoms. The largest absolute Gasteiger partial charge is 0.478 e. The molecule has 1 aliphatic rings. The van der Waals surface area contributed by atoms with Crippen LogP contribution in [0.5, 0.6) is 0 Å². The second-order valence-corrected chi connectivity index (χ2v) is 7.04. The van der Waals surface area contributed by atoms with Crippen LogP contribution in [0, 0.1) is 5.82 Å². The number of anilines is 1. The number of ether oxygens (including phenoxy) is 1. The highest BCUT2D eigenvalue weighted by Gasteiger charge is 2.25. The maximum atomic E-state index is 14.2. The van der Waals surface area contributed by atoms with Gasteiger partial charge in [0.25, 0.3) is 5.91 Å². The number of carbonyl (C=O) groups is 3. The van der Waals surface area contributed by atoms with Crippen molar-refractivity contribution in [3.63, 3.8) is 0 Å². The number of halogens is 2. The Morgan fingerprint density at radius 2 is 1.81 bits per heavy atom. The zero-order valence-corrected chi connectivity index (χ0v) is 16.0. The average molecular weight is 428 g/mol. The molecule has 0 spiro atoms. The minimum atomic E-state index is -1.15. The second-order valence-electron chi connectivity index (χ2n) is 6.19. The Morgan fingerprint density at radius 1 is 1.19 bits per heavy atom. The second kappa shape index (κ2) is 8.44. The standard InChI is InChI=1S/C18H19BrFNO5/c1-9(2)26-18(25)12-7-15(14(20)8-13(12)19)21-16(22)10-5-3-4-6-11(10)17(23)24/h7-9H,3-6H2,1-2H3,(H,21,22)(H,23,24). The first-order valence-electron chi connectivity index (χ1n) is 8.17. The SMILES string of the molecule is CC(C)OC(=O)c1cc(NC(=O)C2=C(C(=O)O)CCCC2)c(F)cc1Br. The molecule has 0 heterocycles. The van der Waals surface area contributed by atoms with Crippen LogP contribution in [0.4, 0.5) is 10.1 Å². The predicted molar refractivity (Wildman–Crippen MR) is 96.4 cm³/mol. The number of esters is 1. The van der Waals surface area contributed by atoms with Crippen molar-refractivity contribution in [1.82, 2.24) is 0 Å². The number of carbonyl (C=O) groups excluding carboxylic acids is 2. The first-order chi connectivity index (χ1) is 12.2. The summed E-state index contributed by atoms with van der Waals surface area (Å²) in [5, 5.41) is 11.6. The van der Waals surface area contributed by atoms with E-state index in [2.05, 4.69) is 21.2 Å². The molecule has 8 heteroatoms. The van der Waals surface area contributed by atoms with Gasteiger partial charge in [-0.05, 0) is 67.6 Å². The Hall–Kier alpha value is -2.22. The maximum absolute atomic E-state index is 14.2. The molecule has 1 aromatic carbocycles. The summed E-state index contributed by atoms with van der Waals surface area (Å²) in [4.78, 5) is 35.8. The lowest BCUT2D eigenvalue weighted by Gasteiger charge is -2.18. The highest BCUT2D eigenvalue weighted by Crippen LogP contribution is 2.29. The van der Waals surface area contributed by atoms with E-state index in [-0.39, 0.29) is 33.0 Å². The van der Waals surface area contributed by atoms with Crippen LogP contribution in [-0.4, -0.2) is 29.1 Å². The van der Waals surface area contributed by atoms with Gasteiger partial charge < -0.3 is 15.2 Å². The number of nitrogens with one attached hydrogen (secondary N) is 1. The summed E-state index contributed by atoms with van der Waals surface area (Å²) in [6.45, 7) is 3.36. The van der Waals surface area contributed by atoms with Crippen molar-refractivity contribution in [2.45, 2.75) is 45.6 Å². The summed E-state index contributed by atoms with van der Waals surface area (Å²) < 4.78 is 19.5. The highest BCUT2D eigenvalue weighted by molar-refractivity contribution is 9.10. The molecule has 0 radical (unpaired) electrons. The molecule has 0 saturated carbocycles. The Morgan fingerprint density at radius 3 is 2.38 bits per heavy atom. The van der Waals surface area contributed by atoms with E-state index in [0.29, 0.717) is 25.7 Å². The van der Waals surface area contributed by atoms with E-state index in [0.717, 1.165) is 6.07 Å². The van der Waals surface area contributed by atoms with E-state index in [1.165, 1.54) is 6.07 Å². The van der Waals surface area contributed by atoms with Crippen LogP contribution in [0.3, 0.4) is 0 Å². The van der Waals surface area contributed by atoms with Gasteiger partial charge in [0.15, 0.2) is 0 Å². The molecular formula is C18H19BrFNO5. The predicted octanol–water partition coefficient (Wildman–Crippen LogP) is 4.05. The number of hydrogen-bond donors (Lipinski definition) is 2. The molecule has 1 aromatic rings. The Labute approximate surface area is 158 Å². The molecule has 0 fully saturated rings. The molecule has 0 bridgehead atoms. The van der Waals surface area contributed by atoms with Gasteiger partial charge in [-0.15, -0.1) is 0 Å². The van der Waals surface area contributed by atoms with E-state index >= 15 is 0 Å². The van der Waals surface area contributed by atoms with E-state index in [1.54, 1.807) is 13.8 Å². The van der Waals surface area contributed by atoms with Crippen molar-refractivity contribution in [3.8, 4) is 0 Å². The molecule has 140 valence electrons. The number of carboxylic acid groups (broad SMARTS) is 1. The van der Waals surface area contributed by atoms with Gasteiger partial charge in [0, 0.05) is 15.6 Å². The summed E-state index contributed by atoms with van der Waals surface area (Å²) >= 11 is 3.10. The van der Waals surface area contributed by atoms with Gasteiger partial charge in [0.2, 0.25) is 0 Å². The Bertz CT molecular complexity index is 788. The van der Waals surface area contributed by atoms with Crippen molar-refractivity contribution in [3.05, 3.63) is 39.1 Å². The number of amides is 1. The molecule has 0 aliphatic heterocycles. The summed E-state index contributed by atoms with van der Waals surface area (Å²) in [6.07, 6.45) is 1.63. The van der Waals surface area contributed by atoms with E-state index < -0.39 is 23.7 Å². The normalized spacial score (nSPS) is 14.3. The van der Waals surface area contributed by atoms with Gasteiger partial charge in [-0.3, -0.25) is 4.79 Å². The zero-order chi connectivity index (χ0) is 19.4. The van der Waals surface area contributed by atoms with E-state index in [4.69, 9.17) is 4.74 Å². The number of hydrogen-bond acceptors (Lipinski definition) is 4. The number of aliphatic carboxylic acids is 1. The van der Waals surface area contributed by atoms with Gasteiger partial charge in [-0.1, -0.05) is 0 Å². The molecule has 2 rings (SSSR count). The van der Waals surface area contributed by atoms with Crippen molar-refractivity contribution in [2.24, 2.45) is 0 Å². The van der Waals surface area contributed by atoms with Gasteiger partial charge >= 0.3 is 11.9 Å². The molecule has 0 aromatic heterocycles. The summed E-state index contributed by atoms with van der Waals surface area (Å²) in [6, 6.07) is 2.23. The Balaban J connectivity index is 2.32. The van der Waals surface area contributed by atoms with Crippen LogP contribution < -0.4 is 5.32 Å². The van der Waals surface area contributed by atoms with Crippen molar-refractivity contribution >= 4 is 39.5 Å². The monoisotopic (exact) mass is 427 g/mol. The first-order valence-corrected chi connectivity index (χ1v) is 8.96. The third-order valence-electron chi connectivity index (χ3n) is 3.87. The minimum absolute atomic E-state index is 0.0470. The summed E-state index contributed by atoms with van der Waals surface area (Å²) in [5.74, 6) is -3.23. The van der Waals surface area contributed by atoms with Gasteiger partial charge in [0.05, 0.1) is 17.4 Å². The smallest absolute Gasteiger partial charge is 0.339 e. The lowest BCUT2D eigenvalue weighted by molar-refractivity contribution is -0.133. The van der Waals surface area contributed by atoms with Crippen LogP contribution in [0.2, 0.25) is 0 Å². The molecule has 1 aliphatic carbocycles. The summed E-state index contributed by atoms with van der Waals surface area (Å²) in [5.41, 5.74) is 0.0336. The van der Waals surface area contributed by atoms with Crippen molar-refractivity contribution in [2.75, 3.05) is 5.32 Å². The fourth-order valence-corrected chi connectivity index (χ4v) is 3.15. The topological polar surface area (TPSA) is 92.7 Å². The lowest BCUT2D eigenvalue weighted by atomic mass is 9.91. The third kappa shape index (κ3) is 4.69. The average Bonchev–Trinajstić information content (AvgIpc) is 2.56. The zero-order valence-electron chi connectivity index (χ0n) is 14.4. The molecule has 0 atom stereocenters. The van der Waals surface area contributed by atoms with E-state index in [1.807, 2.05) is 0 Å². The quantitative estimate of drug-likeness (QED) is 0.691. The Kier molecular flexibility index (Phi) is 6.52. The lowest BCUT2D eigenvalue weighted by Crippen LogP contribution is -2.22. The minimum Gasteiger partial charge on any atom is -0.478 e. The molecule has 6 nitrogen and oxygen atoms in total. The number of rotatable bonds is 5. The highest BCUT2D eigenvalue weighted by atomic mass is 79.9. The molecule has 1 amide bonds. The van der Waals surface area contributed by atoms with Gasteiger partial charge in [-0.25, -0.2) is 14.0 Å². The van der Waals surface area contributed by atoms with E-state index in [9.17, 15) is 23.9 Å². The first kappa shape index (κ1) is 20.1. The summed E-state index contributed by atoms with van der Waals surface area (Å²) in [7, 11) is 0. The maximum Gasteiger partial charge on any atom is 0.339 e. The number of carboxylic acids is 1. The van der Waals surface area contributed by atoms with Crippen LogP contribution in [0.15, 0.2) is 27.8 Å². The van der Waals surface area contributed by atoms with Crippen LogP contribution in [0.25, 0.3) is 0 Å². The van der Waals surface area contributed by atoms with Gasteiger partial charge in [-0.2, -0.15) is 0 Å². The van der Waals surface area contributed by atoms with Gasteiger partial charge in [0.1, 0.15) is 5.82 Å². The van der Waals surface area contributed by atoms with Crippen molar-refractivity contribution in [1.29, 1.82) is 0 Å². The molecule has 2 N–H and O–H groups in total. The third-order valence-corrected chi connectivity index (χ3v) is 4.52.